The van der Waals surface area contributed by atoms with Crippen LogP contribution >= 0.6 is 23.2 Å². The average Bonchev–Trinajstić information content (AvgIpc) is 2.06. The first-order chi connectivity index (χ1) is 6.66. The topological polar surface area (TPSA) is 34.1 Å². The third-order valence-corrected chi connectivity index (χ3v) is 2.43. The first-order valence-electron chi connectivity index (χ1n) is 4.05. The fourth-order valence-corrected chi connectivity index (χ4v) is 1.40. The Balaban J connectivity index is 2.19. The van der Waals surface area contributed by atoms with E-state index in [2.05, 4.69) is 10.3 Å². The van der Waals surface area contributed by atoms with Crippen LogP contribution in [-0.2, 0) is 0 Å². The third kappa shape index (κ3) is 1.92. The van der Waals surface area contributed by atoms with Gasteiger partial charge in [-0.2, -0.15) is 0 Å². The second-order valence-corrected chi connectivity index (χ2v) is 3.66. The van der Waals surface area contributed by atoms with Crippen molar-refractivity contribution in [3.63, 3.8) is 0 Å². The lowest BCUT2D eigenvalue weighted by Crippen LogP contribution is -2.50. The summed E-state index contributed by atoms with van der Waals surface area (Å²) in [4.78, 5) is 3.60. The molecular weight excluding hydrogens is 230 g/mol. The van der Waals surface area contributed by atoms with Crippen molar-refractivity contribution < 1.29 is 9.13 Å². The van der Waals surface area contributed by atoms with E-state index in [1.165, 1.54) is 0 Å². The van der Waals surface area contributed by atoms with E-state index in [0.29, 0.717) is 0 Å². The normalized spacial score (nSPS) is 16.5. The molecule has 0 atom stereocenters. The molecule has 0 aromatic carbocycles. The minimum absolute atomic E-state index is 0.0369. The lowest BCUT2D eigenvalue weighted by atomic mass is 10.2. The standard InChI is InChI=1S/C8H7Cl2FN2O/c9-7-5(11)1-6(8(10)13-7)14-4-2-12-3-4/h1,4,12H,2-3H2. The van der Waals surface area contributed by atoms with Crippen LogP contribution in [0.15, 0.2) is 6.07 Å². The molecule has 1 fully saturated rings. The minimum Gasteiger partial charge on any atom is -0.484 e. The van der Waals surface area contributed by atoms with Crippen LogP contribution < -0.4 is 10.1 Å². The molecule has 1 saturated heterocycles. The van der Waals surface area contributed by atoms with Crippen molar-refractivity contribution in [3.05, 3.63) is 22.2 Å². The molecule has 0 radical (unpaired) electrons. The second-order valence-electron chi connectivity index (χ2n) is 2.95. The summed E-state index contributed by atoms with van der Waals surface area (Å²) in [6.07, 6.45) is 0.0369. The molecule has 1 aliphatic rings. The fourth-order valence-electron chi connectivity index (χ4n) is 1.04. The van der Waals surface area contributed by atoms with Crippen LogP contribution in [0.4, 0.5) is 4.39 Å². The van der Waals surface area contributed by atoms with Gasteiger partial charge in [-0.25, -0.2) is 9.37 Å². The molecule has 3 nitrogen and oxygen atoms in total. The molecule has 1 N–H and O–H groups in total. The average molecular weight is 237 g/mol. The monoisotopic (exact) mass is 236 g/mol. The molecule has 0 spiro atoms. The van der Waals surface area contributed by atoms with Crippen molar-refractivity contribution in [1.82, 2.24) is 10.3 Å². The Morgan fingerprint density at radius 2 is 2.14 bits per heavy atom. The van der Waals surface area contributed by atoms with Crippen LogP contribution in [0.2, 0.25) is 10.3 Å². The highest BCUT2D eigenvalue weighted by Gasteiger charge is 2.20. The minimum atomic E-state index is -0.627. The summed E-state index contributed by atoms with van der Waals surface area (Å²) in [6, 6.07) is 1.15. The number of pyridine rings is 1. The van der Waals surface area contributed by atoms with Crippen LogP contribution in [-0.4, -0.2) is 24.2 Å². The van der Waals surface area contributed by atoms with E-state index < -0.39 is 5.82 Å². The zero-order chi connectivity index (χ0) is 10.1. The first-order valence-corrected chi connectivity index (χ1v) is 4.81. The van der Waals surface area contributed by atoms with Crippen molar-refractivity contribution in [1.29, 1.82) is 0 Å². The van der Waals surface area contributed by atoms with E-state index in [0.717, 1.165) is 19.2 Å². The van der Waals surface area contributed by atoms with Crippen LogP contribution in [0.1, 0.15) is 0 Å². The van der Waals surface area contributed by atoms with Crippen molar-refractivity contribution in [2.75, 3.05) is 13.1 Å². The Morgan fingerprint density at radius 1 is 1.43 bits per heavy atom. The summed E-state index contributed by atoms with van der Waals surface area (Å²) in [5.41, 5.74) is 0. The van der Waals surface area contributed by atoms with Crippen LogP contribution in [0.3, 0.4) is 0 Å². The molecule has 2 heterocycles. The maximum Gasteiger partial charge on any atom is 0.172 e. The van der Waals surface area contributed by atoms with Crippen LogP contribution in [0.25, 0.3) is 0 Å². The van der Waals surface area contributed by atoms with Crippen molar-refractivity contribution in [2.45, 2.75) is 6.10 Å². The van der Waals surface area contributed by atoms with Gasteiger partial charge in [0.2, 0.25) is 0 Å². The molecule has 0 bridgehead atoms. The lowest BCUT2D eigenvalue weighted by molar-refractivity contribution is 0.141. The van der Waals surface area contributed by atoms with E-state index in [9.17, 15) is 4.39 Å². The third-order valence-electron chi connectivity index (χ3n) is 1.89. The van der Waals surface area contributed by atoms with Gasteiger partial charge in [0.25, 0.3) is 0 Å². The molecule has 1 aromatic rings. The number of aromatic nitrogens is 1. The smallest absolute Gasteiger partial charge is 0.172 e. The quantitative estimate of drug-likeness (QED) is 0.797. The number of hydrogen-bond acceptors (Lipinski definition) is 3. The SMILES string of the molecule is Fc1cc(OC2CNC2)c(Cl)nc1Cl. The second kappa shape index (κ2) is 3.88. The fraction of sp³-hybridized carbons (Fsp3) is 0.375. The van der Waals surface area contributed by atoms with Gasteiger partial charge >= 0.3 is 0 Å². The Hall–Kier alpha value is -0.580. The molecule has 1 aliphatic heterocycles. The number of nitrogens with one attached hydrogen (secondary N) is 1. The van der Waals surface area contributed by atoms with E-state index in [4.69, 9.17) is 27.9 Å². The molecule has 76 valence electrons. The summed E-state index contributed by atoms with van der Waals surface area (Å²) in [7, 11) is 0. The highest BCUT2D eigenvalue weighted by Crippen LogP contribution is 2.27. The Labute approximate surface area is 90.2 Å². The number of halogens is 3. The van der Waals surface area contributed by atoms with Gasteiger partial charge in [0.15, 0.2) is 21.9 Å². The van der Waals surface area contributed by atoms with E-state index >= 15 is 0 Å². The number of ether oxygens (including phenoxy) is 1. The molecule has 2 rings (SSSR count). The highest BCUT2D eigenvalue weighted by molar-refractivity contribution is 6.33. The predicted octanol–water partition coefficient (Wildman–Crippen LogP) is 1.88. The van der Waals surface area contributed by atoms with Crippen molar-refractivity contribution in [3.8, 4) is 5.75 Å². The lowest BCUT2D eigenvalue weighted by Gasteiger charge is -2.27. The van der Waals surface area contributed by atoms with Crippen molar-refractivity contribution >= 4 is 23.2 Å². The molecule has 0 unspecified atom stereocenters. The molecule has 0 saturated carbocycles. The molecule has 1 aromatic heterocycles. The van der Waals surface area contributed by atoms with Gasteiger partial charge in [0.05, 0.1) is 0 Å². The molecular formula is C8H7Cl2FN2O. The maximum atomic E-state index is 13.0. The molecule has 6 heteroatoms. The summed E-state index contributed by atoms with van der Waals surface area (Å²) in [5, 5.41) is 2.86. The summed E-state index contributed by atoms with van der Waals surface area (Å²) < 4.78 is 18.3. The zero-order valence-corrected chi connectivity index (χ0v) is 8.57. The van der Waals surface area contributed by atoms with E-state index in [1.54, 1.807) is 0 Å². The largest absolute Gasteiger partial charge is 0.484 e. The van der Waals surface area contributed by atoms with E-state index in [-0.39, 0.29) is 22.2 Å². The Kier molecular flexibility index (Phi) is 2.76. The van der Waals surface area contributed by atoms with Gasteiger partial charge in [-0.15, -0.1) is 0 Å². The summed E-state index contributed by atoms with van der Waals surface area (Å²) >= 11 is 11.2. The Morgan fingerprint density at radius 3 is 2.71 bits per heavy atom. The first kappa shape index (κ1) is 9.96. The summed E-state index contributed by atoms with van der Waals surface area (Å²) in [6.45, 7) is 1.47. The van der Waals surface area contributed by atoms with Gasteiger partial charge in [-0.05, 0) is 0 Å². The van der Waals surface area contributed by atoms with Gasteiger partial charge < -0.3 is 10.1 Å². The van der Waals surface area contributed by atoms with Crippen molar-refractivity contribution in [2.24, 2.45) is 0 Å². The zero-order valence-electron chi connectivity index (χ0n) is 7.06. The maximum absolute atomic E-state index is 13.0. The molecule has 0 aliphatic carbocycles. The number of nitrogens with zero attached hydrogens (tertiary/aromatic N) is 1. The van der Waals surface area contributed by atoms with Crippen LogP contribution in [0, 0.1) is 5.82 Å². The highest BCUT2D eigenvalue weighted by atomic mass is 35.5. The number of rotatable bonds is 2. The summed E-state index contributed by atoms with van der Waals surface area (Å²) in [5.74, 6) is -0.390. The van der Waals surface area contributed by atoms with Gasteiger partial charge in [0, 0.05) is 19.2 Å². The van der Waals surface area contributed by atoms with Gasteiger partial charge in [0.1, 0.15) is 6.10 Å². The van der Waals surface area contributed by atoms with Gasteiger partial charge in [-0.1, -0.05) is 23.2 Å². The molecule has 14 heavy (non-hydrogen) atoms. The molecule has 0 amide bonds. The Bertz CT molecular complexity index is 357. The number of hydrogen-bond donors (Lipinski definition) is 1. The van der Waals surface area contributed by atoms with Crippen LogP contribution in [0.5, 0.6) is 5.75 Å². The van der Waals surface area contributed by atoms with E-state index in [1.807, 2.05) is 0 Å². The van der Waals surface area contributed by atoms with Gasteiger partial charge in [-0.3, -0.25) is 0 Å². The predicted molar refractivity (Wildman–Crippen MR) is 51.5 cm³/mol.